The van der Waals surface area contributed by atoms with Gasteiger partial charge in [-0.05, 0) is 163 Å². The van der Waals surface area contributed by atoms with Gasteiger partial charge in [0, 0.05) is 68.5 Å². The lowest BCUT2D eigenvalue weighted by Gasteiger charge is -2.47. The second kappa shape index (κ2) is 35.6. The van der Waals surface area contributed by atoms with Gasteiger partial charge in [0.2, 0.25) is 70.9 Å². The van der Waals surface area contributed by atoms with Gasteiger partial charge in [0.05, 0.1) is 38.6 Å². The fraction of sp³-hybridized carbons (Fsp3) is 0.840. The molecule has 0 aromatic rings. The predicted octanol–water partition coefficient (Wildman–Crippen LogP) is 5.80. The number of carbonyl (C=O) groups is 12. The molecular formula is C75H114F8N12O13. The Balaban J connectivity index is 1.09. The second-order valence-corrected chi connectivity index (χ2v) is 33.1. The van der Waals surface area contributed by atoms with Crippen LogP contribution < -0.4 is 16.0 Å². The molecular weight excluding hydrogens is 1430 g/mol. The first kappa shape index (κ1) is 85.0. The minimum atomic E-state index is -5.20. The fourth-order valence-electron chi connectivity index (χ4n) is 18.2. The normalized spacial score (nSPS) is 33.6. The highest BCUT2D eigenvalue weighted by Crippen LogP contribution is 2.51. The number of carbonyl (C=O) groups excluding carboxylic acids is 12. The minimum absolute atomic E-state index is 0.0191. The molecule has 4 aliphatic heterocycles. The monoisotopic (exact) mass is 1540 g/mol. The molecule has 13 atom stereocenters. The predicted molar refractivity (Wildman–Crippen MR) is 377 cm³/mol. The van der Waals surface area contributed by atoms with Crippen molar-refractivity contribution in [2.75, 3.05) is 94.8 Å². The molecule has 108 heavy (non-hydrogen) atoms. The maximum atomic E-state index is 15.7. The van der Waals surface area contributed by atoms with Gasteiger partial charge in [0.25, 0.3) is 0 Å². The molecule has 4 saturated heterocycles. The SMILES string of the molecule is CC[C@H](C)[C@@H]1NC(=O)[C@H](CC(C)C)N(C)C(=O)C[C@@H](C(=O)N2CCOCC2)N(C)C(=O)[C@H](C2CCCC2)N(C)C(=O)C2(CCC2)NC(=O)[C@@H]2[C@H]3C[C@H]3CN2C(=O)[C@H](CCC2CC(F)C(C(F)(F)F)C(F)C2)NC(=O)CN(C)C(=O)[C@H](CC2CCC(C(F)(F)F)CC2)N2CCCC[C@@H](C2=O)N(C)C(=O)CN(C)C1=O. The van der Waals surface area contributed by atoms with Crippen LogP contribution in [0.2, 0.25) is 0 Å². The molecule has 12 amide bonds. The fourth-order valence-corrected chi connectivity index (χ4v) is 18.2. The molecule has 4 heterocycles. The molecule has 5 saturated carbocycles. The molecule has 608 valence electrons. The summed E-state index contributed by atoms with van der Waals surface area (Å²) in [5, 5.41) is 8.53. The molecule has 9 aliphatic rings. The van der Waals surface area contributed by atoms with E-state index in [1.165, 1.54) is 71.7 Å². The third kappa shape index (κ3) is 19.5. The molecule has 2 unspecified atom stereocenters. The molecule has 0 aromatic carbocycles. The lowest BCUT2D eigenvalue weighted by Crippen LogP contribution is -2.68. The molecule has 33 heteroatoms. The van der Waals surface area contributed by atoms with Gasteiger partial charge in [-0.15, -0.1) is 0 Å². The van der Waals surface area contributed by atoms with E-state index >= 15 is 47.1 Å². The number of amides is 12. The van der Waals surface area contributed by atoms with Crippen LogP contribution in [0.15, 0.2) is 0 Å². The first-order chi connectivity index (χ1) is 50.8. The van der Waals surface area contributed by atoms with Crippen molar-refractivity contribution in [1.82, 2.24) is 60.0 Å². The molecule has 5 aliphatic carbocycles. The summed E-state index contributed by atoms with van der Waals surface area (Å²) in [5.74, 6) is -17.0. The first-order valence-corrected chi connectivity index (χ1v) is 39.1. The largest absolute Gasteiger partial charge is 0.397 e. The Hall–Kier alpha value is -6.96. The van der Waals surface area contributed by atoms with Gasteiger partial charge in [0.15, 0.2) is 0 Å². The quantitative estimate of drug-likeness (QED) is 0.207. The molecule has 3 N–H and O–H groups in total. The highest BCUT2D eigenvalue weighted by atomic mass is 19.4. The summed E-state index contributed by atoms with van der Waals surface area (Å²) in [6.07, 6.45) is -13.9. The van der Waals surface area contributed by atoms with Crippen molar-refractivity contribution in [3.05, 3.63) is 0 Å². The van der Waals surface area contributed by atoms with Crippen molar-refractivity contribution in [1.29, 1.82) is 0 Å². The van der Waals surface area contributed by atoms with Gasteiger partial charge < -0.3 is 64.8 Å². The maximum absolute atomic E-state index is 15.7. The Morgan fingerprint density at radius 2 is 1.20 bits per heavy atom. The van der Waals surface area contributed by atoms with Gasteiger partial charge in [-0.25, -0.2) is 8.78 Å². The highest BCUT2D eigenvalue weighted by molar-refractivity contribution is 6.01. The third-order valence-electron chi connectivity index (χ3n) is 25.3. The highest BCUT2D eigenvalue weighted by Gasteiger charge is 2.61. The maximum Gasteiger partial charge on any atom is 0.397 e. The number of rotatable bonds is 11. The molecule has 1 spiro atoms. The van der Waals surface area contributed by atoms with Gasteiger partial charge >= 0.3 is 12.4 Å². The zero-order valence-corrected chi connectivity index (χ0v) is 64.2. The molecule has 25 nitrogen and oxygen atoms in total. The summed E-state index contributed by atoms with van der Waals surface area (Å²) < 4.78 is 121. The summed E-state index contributed by atoms with van der Waals surface area (Å²) >= 11 is 0. The molecule has 9 fully saturated rings. The molecule has 0 aromatic heterocycles. The summed E-state index contributed by atoms with van der Waals surface area (Å²) in [4.78, 5) is 193. The Bertz CT molecular complexity index is 3260. The Kier molecular flexibility index (Phi) is 28.0. The Morgan fingerprint density at radius 3 is 1.79 bits per heavy atom. The van der Waals surface area contributed by atoms with Crippen molar-refractivity contribution in [3.8, 4) is 0 Å². The van der Waals surface area contributed by atoms with Crippen LogP contribution in [0.4, 0.5) is 35.1 Å². The van der Waals surface area contributed by atoms with Gasteiger partial charge in [-0.2, -0.15) is 26.3 Å². The van der Waals surface area contributed by atoms with E-state index < -0.39 is 230 Å². The van der Waals surface area contributed by atoms with Crippen LogP contribution in [0.5, 0.6) is 0 Å². The van der Waals surface area contributed by atoms with Crippen LogP contribution in [0.3, 0.4) is 0 Å². The lowest BCUT2D eigenvalue weighted by molar-refractivity contribution is -0.219. The van der Waals surface area contributed by atoms with E-state index in [1.807, 2.05) is 13.8 Å². The third-order valence-corrected chi connectivity index (χ3v) is 25.3. The Morgan fingerprint density at radius 1 is 0.583 bits per heavy atom. The second-order valence-electron chi connectivity index (χ2n) is 33.1. The van der Waals surface area contributed by atoms with Crippen LogP contribution in [0.25, 0.3) is 0 Å². The molecule has 0 radical (unpaired) electrons. The first-order valence-electron chi connectivity index (χ1n) is 39.1. The van der Waals surface area contributed by atoms with Gasteiger partial charge in [-0.3, -0.25) is 57.5 Å². The van der Waals surface area contributed by atoms with E-state index in [1.54, 1.807) is 13.8 Å². The number of alkyl halides is 8. The van der Waals surface area contributed by atoms with E-state index in [-0.39, 0.29) is 122 Å². The number of halogens is 8. The van der Waals surface area contributed by atoms with Crippen LogP contribution >= 0.6 is 0 Å². The van der Waals surface area contributed by atoms with E-state index in [9.17, 15) is 45.5 Å². The number of fused-ring (bicyclic) bond motifs is 5. The van der Waals surface area contributed by atoms with Crippen molar-refractivity contribution in [2.24, 2.45) is 53.3 Å². The van der Waals surface area contributed by atoms with Crippen molar-refractivity contribution in [2.45, 2.75) is 254 Å². The number of nitrogens with one attached hydrogen (secondary N) is 3. The standard InChI is InChI=1S/C75H114F8N12O13/c1-11-43(4)61-70(105)88(6)41-59(98)89(7)53-19-14-15-28-94(69(53)104)56(36-44-20-23-48(24-21-44)74(78,79)80)67(102)87(5)40-57(96)84-52(25-22-45-34-50(76)60(51(77)35-45)75(81,82)83)66(101)95-39-47-37-49(47)63(95)65(100)86-73(26-16-27-73)72(107)92(10)62(46-17-12-13-18-46)71(106)91(9)55(68(103)93-29-31-108-32-30-93)38-58(97)90(8)54(33-42(2)3)64(99)85-61/h42-56,60-63H,11-41H2,1-10H3,(H,84,96)(H,85,99)(H,86,100)/t43-,44?,45?,47-,48?,49-,50?,51?,52-,53-,54-,55-,56-,60?,61-,62-,63-/m0/s1. The van der Waals surface area contributed by atoms with Crippen LogP contribution in [0, 0.1) is 53.3 Å². The zero-order valence-electron chi connectivity index (χ0n) is 64.2. The van der Waals surface area contributed by atoms with Crippen molar-refractivity contribution in [3.63, 3.8) is 0 Å². The smallest absolute Gasteiger partial charge is 0.378 e. The Labute approximate surface area is 628 Å². The average molecular weight is 1540 g/mol. The minimum Gasteiger partial charge on any atom is -0.378 e. The summed E-state index contributed by atoms with van der Waals surface area (Å²) in [5.41, 5.74) is -1.64. The number of hydrogen-bond donors (Lipinski definition) is 3. The molecule has 2 bridgehead atoms. The number of morpholine rings is 1. The average Bonchev–Trinajstić information content (AvgIpc) is 1.53. The number of hydrogen-bond acceptors (Lipinski definition) is 13. The summed E-state index contributed by atoms with van der Waals surface area (Å²) in [7, 11) is 8.15. The van der Waals surface area contributed by atoms with Crippen molar-refractivity contribution >= 4 is 70.9 Å². The van der Waals surface area contributed by atoms with Gasteiger partial charge in [-0.1, -0.05) is 47.0 Å². The van der Waals surface area contributed by atoms with Crippen LogP contribution in [-0.4, -0.2) is 288 Å². The van der Waals surface area contributed by atoms with E-state index in [4.69, 9.17) is 4.74 Å². The number of nitrogens with zero attached hydrogens (tertiary/aromatic N) is 9. The molecule has 9 rings (SSSR count). The topological polar surface area (TPSA) is 279 Å². The number of ether oxygens (including phenoxy) is 1. The summed E-state index contributed by atoms with van der Waals surface area (Å²) in [6, 6.07) is -10.9. The number of likely N-dealkylation sites (N-methyl/N-ethyl adjacent to an activating group) is 6. The van der Waals surface area contributed by atoms with E-state index in [2.05, 4.69) is 16.0 Å². The van der Waals surface area contributed by atoms with E-state index in [0.29, 0.717) is 51.4 Å². The van der Waals surface area contributed by atoms with E-state index in [0.717, 1.165) is 14.7 Å². The summed E-state index contributed by atoms with van der Waals surface area (Å²) in [6.45, 7) is 6.15. The van der Waals surface area contributed by atoms with Crippen LogP contribution in [-0.2, 0) is 62.3 Å². The zero-order chi connectivity index (χ0) is 79.3. The van der Waals surface area contributed by atoms with Crippen molar-refractivity contribution < 1.29 is 97.4 Å². The van der Waals surface area contributed by atoms with Crippen LogP contribution in [0.1, 0.15) is 175 Å². The number of piperidine rings is 1. The lowest BCUT2D eigenvalue weighted by atomic mass is 9.74. The van der Waals surface area contributed by atoms with Gasteiger partial charge in [0.1, 0.15) is 72.1 Å².